The Labute approximate surface area is 136 Å². The lowest BCUT2D eigenvalue weighted by molar-refractivity contribution is 0.0932. The van der Waals surface area contributed by atoms with Crippen LogP contribution in [-0.4, -0.2) is 36.4 Å². The number of benzene rings is 1. The van der Waals surface area contributed by atoms with E-state index < -0.39 is 0 Å². The zero-order valence-electron chi connectivity index (χ0n) is 12.8. The van der Waals surface area contributed by atoms with Crippen molar-refractivity contribution >= 4 is 17.5 Å². The van der Waals surface area contributed by atoms with Crippen molar-refractivity contribution in [2.24, 2.45) is 0 Å². The third kappa shape index (κ3) is 4.83. The number of carbonyl (C=O) groups excluding carboxylic acids is 1. The van der Waals surface area contributed by atoms with Crippen LogP contribution in [0.4, 0.5) is 0 Å². The predicted molar refractivity (Wildman–Crippen MR) is 89.1 cm³/mol. The minimum atomic E-state index is -0.0962. The van der Waals surface area contributed by atoms with Crippen LogP contribution in [0.1, 0.15) is 28.4 Å². The Bertz CT molecular complexity index is 599. The van der Waals surface area contributed by atoms with Gasteiger partial charge in [0.2, 0.25) is 0 Å². The molecule has 1 atom stereocenters. The molecule has 116 valence electrons. The molecular formula is C17H20ClN3O. The fourth-order valence-electron chi connectivity index (χ4n) is 2.15. The molecule has 0 aliphatic heterocycles. The molecule has 0 fully saturated rings. The number of amides is 1. The molecule has 0 bridgehead atoms. The van der Waals surface area contributed by atoms with Crippen LogP contribution in [0.25, 0.3) is 0 Å². The van der Waals surface area contributed by atoms with E-state index in [9.17, 15) is 4.79 Å². The third-order valence-electron chi connectivity index (χ3n) is 3.39. The Morgan fingerprint density at radius 1 is 1.18 bits per heavy atom. The molecule has 0 radical (unpaired) electrons. The van der Waals surface area contributed by atoms with Gasteiger partial charge < -0.3 is 10.2 Å². The van der Waals surface area contributed by atoms with Crippen LogP contribution in [0.5, 0.6) is 0 Å². The smallest absolute Gasteiger partial charge is 0.251 e. The Kier molecular flexibility index (Phi) is 5.92. The first-order valence-corrected chi connectivity index (χ1v) is 7.55. The molecule has 22 heavy (non-hydrogen) atoms. The summed E-state index contributed by atoms with van der Waals surface area (Å²) in [7, 11) is 4.03. The van der Waals surface area contributed by atoms with Crippen molar-refractivity contribution in [2.45, 2.75) is 12.5 Å². The lowest BCUT2D eigenvalue weighted by atomic mass is 10.0. The lowest BCUT2D eigenvalue weighted by Crippen LogP contribution is -2.31. The van der Waals surface area contributed by atoms with Gasteiger partial charge in [-0.05, 0) is 56.9 Å². The van der Waals surface area contributed by atoms with Gasteiger partial charge in [-0.25, -0.2) is 0 Å². The molecule has 2 rings (SSSR count). The van der Waals surface area contributed by atoms with Crippen molar-refractivity contribution in [3.05, 3.63) is 64.9 Å². The molecule has 0 saturated heterocycles. The molecule has 2 aromatic rings. The van der Waals surface area contributed by atoms with Gasteiger partial charge in [-0.3, -0.25) is 9.78 Å². The standard InChI is InChI=1S/C17H20ClN3O/c1-21(2)12-9-16(13-3-5-15(18)6-4-13)20-17(22)14-7-10-19-11-8-14/h3-8,10-11,16H,9,12H2,1-2H3,(H,20,22). The average Bonchev–Trinajstić information content (AvgIpc) is 2.53. The van der Waals surface area contributed by atoms with Crippen molar-refractivity contribution in [1.82, 2.24) is 15.2 Å². The number of nitrogens with one attached hydrogen (secondary N) is 1. The van der Waals surface area contributed by atoms with Crippen LogP contribution in [0.15, 0.2) is 48.8 Å². The summed E-state index contributed by atoms with van der Waals surface area (Å²) in [6, 6.07) is 11.0. The number of pyridine rings is 1. The number of carbonyl (C=O) groups is 1. The van der Waals surface area contributed by atoms with Crippen LogP contribution < -0.4 is 5.32 Å². The topological polar surface area (TPSA) is 45.2 Å². The van der Waals surface area contributed by atoms with Crippen LogP contribution in [0, 0.1) is 0 Å². The fraction of sp³-hybridized carbons (Fsp3) is 0.294. The van der Waals surface area contributed by atoms with Gasteiger partial charge in [-0.1, -0.05) is 23.7 Å². The first-order valence-electron chi connectivity index (χ1n) is 7.17. The molecule has 5 heteroatoms. The SMILES string of the molecule is CN(C)CCC(NC(=O)c1ccncc1)c1ccc(Cl)cc1. The molecule has 1 unspecified atom stereocenters. The van der Waals surface area contributed by atoms with E-state index in [1.165, 1.54) is 0 Å². The van der Waals surface area contributed by atoms with Crippen molar-refractivity contribution in [2.75, 3.05) is 20.6 Å². The highest BCUT2D eigenvalue weighted by atomic mass is 35.5. The molecule has 0 aliphatic carbocycles. The molecule has 1 N–H and O–H groups in total. The van der Waals surface area contributed by atoms with Crippen molar-refractivity contribution in [1.29, 1.82) is 0 Å². The number of hydrogen-bond acceptors (Lipinski definition) is 3. The summed E-state index contributed by atoms with van der Waals surface area (Å²) in [5, 5.41) is 3.78. The molecule has 0 aliphatic rings. The number of halogens is 1. The van der Waals surface area contributed by atoms with Gasteiger partial charge in [0.15, 0.2) is 0 Å². The monoisotopic (exact) mass is 317 g/mol. The summed E-state index contributed by atoms with van der Waals surface area (Å²) in [4.78, 5) is 18.4. The highest BCUT2D eigenvalue weighted by Crippen LogP contribution is 2.20. The number of nitrogens with zero attached hydrogens (tertiary/aromatic N) is 2. The molecule has 1 aromatic carbocycles. The largest absolute Gasteiger partial charge is 0.345 e. The molecule has 1 heterocycles. The van der Waals surface area contributed by atoms with E-state index in [4.69, 9.17) is 11.6 Å². The summed E-state index contributed by atoms with van der Waals surface area (Å²) in [5.74, 6) is -0.0962. The van der Waals surface area contributed by atoms with Gasteiger partial charge in [-0.15, -0.1) is 0 Å². The number of aromatic nitrogens is 1. The molecule has 4 nitrogen and oxygen atoms in total. The van der Waals surface area contributed by atoms with Gasteiger partial charge in [0.1, 0.15) is 0 Å². The van der Waals surface area contributed by atoms with E-state index in [0.29, 0.717) is 10.6 Å². The first-order chi connectivity index (χ1) is 10.6. The van der Waals surface area contributed by atoms with Gasteiger partial charge in [0, 0.05) is 23.0 Å². The van der Waals surface area contributed by atoms with Crippen LogP contribution in [-0.2, 0) is 0 Å². The highest BCUT2D eigenvalue weighted by Gasteiger charge is 2.16. The second kappa shape index (κ2) is 7.92. The normalized spacial score (nSPS) is 12.2. The summed E-state index contributed by atoms with van der Waals surface area (Å²) >= 11 is 5.94. The van der Waals surface area contributed by atoms with Crippen LogP contribution in [0.3, 0.4) is 0 Å². The molecule has 1 aromatic heterocycles. The minimum Gasteiger partial charge on any atom is -0.345 e. The second-order valence-corrected chi connectivity index (χ2v) is 5.84. The van der Waals surface area contributed by atoms with Gasteiger partial charge in [0.05, 0.1) is 6.04 Å². The molecular weight excluding hydrogens is 298 g/mol. The average molecular weight is 318 g/mol. The summed E-state index contributed by atoms with van der Waals surface area (Å²) < 4.78 is 0. The van der Waals surface area contributed by atoms with Gasteiger partial charge in [-0.2, -0.15) is 0 Å². The Morgan fingerprint density at radius 3 is 2.41 bits per heavy atom. The van der Waals surface area contributed by atoms with Crippen molar-refractivity contribution < 1.29 is 4.79 Å². The quantitative estimate of drug-likeness (QED) is 0.890. The first kappa shape index (κ1) is 16.5. The lowest BCUT2D eigenvalue weighted by Gasteiger charge is -2.21. The number of rotatable bonds is 6. The maximum Gasteiger partial charge on any atom is 0.251 e. The van der Waals surface area contributed by atoms with E-state index in [2.05, 4.69) is 15.2 Å². The van der Waals surface area contributed by atoms with E-state index in [1.54, 1.807) is 24.5 Å². The van der Waals surface area contributed by atoms with E-state index in [1.807, 2.05) is 38.4 Å². The van der Waals surface area contributed by atoms with Gasteiger partial charge in [0.25, 0.3) is 5.91 Å². The minimum absolute atomic E-state index is 0.0552. The summed E-state index contributed by atoms with van der Waals surface area (Å²) in [6.45, 7) is 0.879. The Balaban J connectivity index is 2.13. The van der Waals surface area contributed by atoms with Crippen molar-refractivity contribution in [3.8, 4) is 0 Å². The molecule has 1 amide bonds. The van der Waals surface area contributed by atoms with E-state index >= 15 is 0 Å². The summed E-state index contributed by atoms with van der Waals surface area (Å²) in [6.07, 6.45) is 4.06. The van der Waals surface area contributed by atoms with Gasteiger partial charge >= 0.3 is 0 Å². The van der Waals surface area contributed by atoms with Crippen molar-refractivity contribution in [3.63, 3.8) is 0 Å². The predicted octanol–water partition coefficient (Wildman–Crippen LogP) is 3.16. The van der Waals surface area contributed by atoms with E-state index in [0.717, 1.165) is 18.5 Å². The molecule has 0 saturated carbocycles. The third-order valence-corrected chi connectivity index (χ3v) is 3.64. The van der Waals surface area contributed by atoms with Crippen LogP contribution >= 0.6 is 11.6 Å². The maximum atomic E-state index is 12.4. The Hall–Kier alpha value is -1.91. The highest BCUT2D eigenvalue weighted by molar-refractivity contribution is 6.30. The zero-order valence-corrected chi connectivity index (χ0v) is 13.5. The Morgan fingerprint density at radius 2 is 1.82 bits per heavy atom. The second-order valence-electron chi connectivity index (χ2n) is 5.41. The van der Waals surface area contributed by atoms with Crippen LogP contribution in [0.2, 0.25) is 5.02 Å². The number of hydrogen-bond donors (Lipinski definition) is 1. The zero-order chi connectivity index (χ0) is 15.9. The fourth-order valence-corrected chi connectivity index (χ4v) is 2.28. The molecule has 0 spiro atoms. The van der Waals surface area contributed by atoms with E-state index in [-0.39, 0.29) is 11.9 Å². The summed E-state index contributed by atoms with van der Waals surface area (Å²) in [5.41, 5.74) is 1.66. The maximum absolute atomic E-state index is 12.4.